The number of amides is 2. The van der Waals surface area contributed by atoms with E-state index in [1.54, 1.807) is 0 Å². The Bertz CT molecular complexity index is 613. The first kappa shape index (κ1) is 15.7. The molecule has 1 heterocycles. The molecule has 1 aliphatic carbocycles. The van der Waals surface area contributed by atoms with Gasteiger partial charge in [0.15, 0.2) is 0 Å². The van der Waals surface area contributed by atoms with Crippen molar-refractivity contribution in [1.82, 2.24) is 4.90 Å². The Morgan fingerprint density at radius 3 is 2.57 bits per heavy atom. The van der Waals surface area contributed by atoms with E-state index >= 15 is 0 Å². The van der Waals surface area contributed by atoms with Crippen molar-refractivity contribution in [3.63, 3.8) is 0 Å². The number of imide groups is 1. The van der Waals surface area contributed by atoms with Crippen LogP contribution >= 0.6 is 0 Å². The van der Waals surface area contributed by atoms with Crippen molar-refractivity contribution in [1.29, 1.82) is 0 Å². The lowest BCUT2D eigenvalue weighted by atomic mass is 9.91. The van der Waals surface area contributed by atoms with Crippen LogP contribution in [0.2, 0.25) is 0 Å². The molecule has 2 fully saturated rings. The summed E-state index contributed by atoms with van der Waals surface area (Å²) in [6, 6.07) is 9.45. The molecule has 1 aromatic rings. The lowest BCUT2D eigenvalue weighted by Gasteiger charge is -2.25. The van der Waals surface area contributed by atoms with E-state index in [-0.39, 0.29) is 36.2 Å². The standard InChI is InChI=1S/C18H21NO4/c1-12(20)15-8-5-9-16(15)17(21)19-14(11-23-18(19)22)10-13-6-3-2-4-7-13/h2-4,6-7,14-16H,5,8-11H2,1H3/t14-,15-,16+/m0/s1. The average molecular weight is 315 g/mol. The minimum atomic E-state index is -0.579. The summed E-state index contributed by atoms with van der Waals surface area (Å²) in [6.07, 6.45) is 2.26. The topological polar surface area (TPSA) is 63.7 Å². The maximum atomic E-state index is 12.8. The van der Waals surface area contributed by atoms with Crippen LogP contribution in [0.3, 0.4) is 0 Å². The number of hydrogen-bond donors (Lipinski definition) is 0. The number of hydrogen-bond acceptors (Lipinski definition) is 4. The minimum absolute atomic E-state index is 0.0352. The molecule has 2 aliphatic rings. The van der Waals surface area contributed by atoms with Gasteiger partial charge in [0.2, 0.25) is 5.91 Å². The Labute approximate surface area is 135 Å². The van der Waals surface area contributed by atoms with Crippen LogP contribution in [0.4, 0.5) is 4.79 Å². The Hall–Kier alpha value is -2.17. The molecule has 1 aliphatic heterocycles. The van der Waals surface area contributed by atoms with E-state index in [2.05, 4.69) is 0 Å². The maximum absolute atomic E-state index is 12.8. The van der Waals surface area contributed by atoms with E-state index in [0.717, 1.165) is 18.4 Å². The molecule has 3 atom stereocenters. The normalized spacial score (nSPS) is 27.1. The second kappa shape index (κ2) is 6.52. The zero-order valence-corrected chi connectivity index (χ0v) is 13.2. The molecule has 122 valence electrons. The van der Waals surface area contributed by atoms with Crippen molar-refractivity contribution in [2.24, 2.45) is 11.8 Å². The predicted octanol–water partition coefficient (Wildman–Crippen LogP) is 2.58. The van der Waals surface area contributed by atoms with E-state index in [4.69, 9.17) is 4.74 Å². The fourth-order valence-electron chi connectivity index (χ4n) is 3.69. The van der Waals surface area contributed by atoms with Crippen LogP contribution in [0, 0.1) is 11.8 Å². The Morgan fingerprint density at radius 1 is 1.17 bits per heavy atom. The van der Waals surface area contributed by atoms with Gasteiger partial charge in [-0.15, -0.1) is 0 Å². The summed E-state index contributed by atoms with van der Waals surface area (Å²) >= 11 is 0. The Kier molecular flexibility index (Phi) is 4.46. The largest absolute Gasteiger partial charge is 0.447 e. The molecule has 5 heteroatoms. The molecular formula is C18H21NO4. The number of ether oxygens (including phenoxy) is 1. The van der Waals surface area contributed by atoms with Crippen molar-refractivity contribution < 1.29 is 19.1 Å². The van der Waals surface area contributed by atoms with Gasteiger partial charge in [-0.25, -0.2) is 9.69 Å². The third-order valence-electron chi connectivity index (χ3n) is 4.87. The number of ketones is 1. The maximum Gasteiger partial charge on any atom is 0.416 e. The summed E-state index contributed by atoms with van der Waals surface area (Å²) in [6.45, 7) is 1.75. The van der Waals surface area contributed by atoms with Crippen LogP contribution in [0.25, 0.3) is 0 Å². The highest BCUT2D eigenvalue weighted by atomic mass is 16.6. The van der Waals surface area contributed by atoms with E-state index in [1.165, 1.54) is 11.8 Å². The van der Waals surface area contributed by atoms with Gasteiger partial charge in [0.1, 0.15) is 12.4 Å². The lowest BCUT2D eigenvalue weighted by molar-refractivity contribution is -0.138. The fourth-order valence-corrected chi connectivity index (χ4v) is 3.69. The van der Waals surface area contributed by atoms with Gasteiger partial charge in [0.05, 0.1) is 6.04 Å². The molecule has 0 spiro atoms. The smallest absolute Gasteiger partial charge is 0.416 e. The van der Waals surface area contributed by atoms with Crippen molar-refractivity contribution in [3.8, 4) is 0 Å². The molecule has 0 bridgehead atoms. The van der Waals surface area contributed by atoms with Crippen molar-refractivity contribution in [3.05, 3.63) is 35.9 Å². The molecule has 23 heavy (non-hydrogen) atoms. The highest BCUT2D eigenvalue weighted by Gasteiger charge is 2.45. The average Bonchev–Trinajstić information content (AvgIpc) is 3.15. The number of benzene rings is 1. The lowest BCUT2D eigenvalue weighted by Crippen LogP contribution is -2.45. The number of carbonyl (C=O) groups excluding carboxylic acids is 3. The highest BCUT2D eigenvalue weighted by molar-refractivity contribution is 5.97. The summed E-state index contributed by atoms with van der Waals surface area (Å²) < 4.78 is 5.11. The molecule has 2 amide bonds. The zero-order chi connectivity index (χ0) is 16.4. The van der Waals surface area contributed by atoms with Crippen molar-refractivity contribution in [2.75, 3.05) is 6.61 Å². The number of cyclic esters (lactones) is 1. The molecule has 5 nitrogen and oxygen atoms in total. The number of nitrogens with zero attached hydrogens (tertiary/aromatic N) is 1. The Morgan fingerprint density at radius 2 is 1.87 bits per heavy atom. The molecular weight excluding hydrogens is 294 g/mol. The quantitative estimate of drug-likeness (QED) is 0.856. The van der Waals surface area contributed by atoms with Crippen LogP contribution in [-0.2, 0) is 20.7 Å². The Balaban J connectivity index is 1.77. The molecule has 0 radical (unpaired) electrons. The SMILES string of the molecule is CC(=O)[C@@H]1CCC[C@H]1C(=O)N1C(=O)OC[C@@H]1Cc1ccccc1. The van der Waals surface area contributed by atoms with Crippen LogP contribution in [0.5, 0.6) is 0 Å². The molecule has 1 aromatic carbocycles. The first-order valence-corrected chi connectivity index (χ1v) is 8.12. The van der Waals surface area contributed by atoms with Gasteiger partial charge < -0.3 is 4.74 Å². The van der Waals surface area contributed by atoms with Crippen molar-refractivity contribution in [2.45, 2.75) is 38.6 Å². The third-order valence-corrected chi connectivity index (χ3v) is 4.87. The van der Waals surface area contributed by atoms with Crippen LogP contribution in [0.15, 0.2) is 30.3 Å². The number of carbonyl (C=O) groups is 3. The van der Waals surface area contributed by atoms with E-state index in [9.17, 15) is 14.4 Å². The number of Topliss-reactive ketones (excluding diaryl/α,β-unsaturated/α-hetero) is 1. The summed E-state index contributed by atoms with van der Waals surface area (Å²) in [5.41, 5.74) is 1.06. The first-order valence-electron chi connectivity index (χ1n) is 8.12. The zero-order valence-electron chi connectivity index (χ0n) is 13.2. The van der Waals surface area contributed by atoms with Gasteiger partial charge in [0, 0.05) is 11.8 Å². The molecule has 3 rings (SSSR count). The molecule has 0 N–H and O–H groups in total. The molecule has 0 aromatic heterocycles. The molecule has 1 saturated heterocycles. The monoisotopic (exact) mass is 315 g/mol. The molecule has 0 unspecified atom stereocenters. The van der Waals surface area contributed by atoms with Gasteiger partial charge in [-0.1, -0.05) is 36.8 Å². The van der Waals surface area contributed by atoms with E-state index in [0.29, 0.717) is 12.8 Å². The first-order chi connectivity index (χ1) is 11.1. The van der Waals surface area contributed by atoms with Gasteiger partial charge in [-0.05, 0) is 31.7 Å². The highest BCUT2D eigenvalue weighted by Crippen LogP contribution is 2.35. The summed E-state index contributed by atoms with van der Waals surface area (Å²) in [5.74, 6) is -0.844. The summed E-state index contributed by atoms with van der Waals surface area (Å²) in [7, 11) is 0. The van der Waals surface area contributed by atoms with E-state index in [1.807, 2.05) is 30.3 Å². The summed E-state index contributed by atoms with van der Waals surface area (Å²) in [4.78, 5) is 37.9. The van der Waals surface area contributed by atoms with Crippen LogP contribution in [-0.4, -0.2) is 35.3 Å². The van der Waals surface area contributed by atoms with Crippen LogP contribution in [0.1, 0.15) is 31.7 Å². The van der Waals surface area contributed by atoms with Gasteiger partial charge >= 0.3 is 6.09 Å². The predicted molar refractivity (Wildman–Crippen MR) is 83.6 cm³/mol. The van der Waals surface area contributed by atoms with Gasteiger partial charge in [0.25, 0.3) is 0 Å². The fraction of sp³-hybridized carbons (Fsp3) is 0.500. The minimum Gasteiger partial charge on any atom is -0.447 e. The second-order valence-corrected chi connectivity index (χ2v) is 6.38. The van der Waals surface area contributed by atoms with E-state index < -0.39 is 6.09 Å². The van der Waals surface area contributed by atoms with Crippen LogP contribution < -0.4 is 0 Å². The third kappa shape index (κ3) is 3.14. The second-order valence-electron chi connectivity index (χ2n) is 6.38. The number of rotatable bonds is 4. The van der Waals surface area contributed by atoms with Gasteiger partial charge in [-0.3, -0.25) is 9.59 Å². The summed E-state index contributed by atoms with van der Waals surface area (Å²) in [5, 5.41) is 0. The molecule has 1 saturated carbocycles. The van der Waals surface area contributed by atoms with Crippen molar-refractivity contribution >= 4 is 17.8 Å². The van der Waals surface area contributed by atoms with Gasteiger partial charge in [-0.2, -0.15) is 0 Å².